The molecule has 0 atom stereocenters. The number of hydrogen-bond acceptors (Lipinski definition) is 2. The Balaban J connectivity index is 3.07. The van der Waals surface area contributed by atoms with E-state index in [0.29, 0.717) is 0 Å². The van der Waals surface area contributed by atoms with Crippen molar-refractivity contribution in [3.63, 3.8) is 0 Å². The zero-order chi connectivity index (χ0) is 7.56. The standard InChI is InChI=1S/C6H6BrIN2/c7-5-3-4(8)1-2-6(5)10-9/h1-3,10H,9H2. The maximum absolute atomic E-state index is 5.22. The van der Waals surface area contributed by atoms with Gasteiger partial charge in [0.15, 0.2) is 0 Å². The maximum Gasteiger partial charge on any atom is 0.0627 e. The number of hydrogen-bond donors (Lipinski definition) is 2. The molecule has 10 heavy (non-hydrogen) atoms. The fourth-order valence-electron chi connectivity index (χ4n) is 0.607. The molecule has 0 fully saturated rings. The molecule has 0 aliphatic carbocycles. The molecule has 0 aliphatic heterocycles. The lowest BCUT2D eigenvalue weighted by molar-refractivity contribution is 1.34. The molecule has 0 bridgehead atoms. The number of halogens is 2. The molecule has 3 N–H and O–H groups in total. The van der Waals surface area contributed by atoms with E-state index in [-0.39, 0.29) is 0 Å². The summed E-state index contributed by atoms with van der Waals surface area (Å²) >= 11 is 5.60. The molecule has 0 unspecified atom stereocenters. The normalized spacial score (nSPS) is 9.50. The van der Waals surface area contributed by atoms with Crippen LogP contribution in [-0.4, -0.2) is 0 Å². The SMILES string of the molecule is NNc1ccc(I)cc1Br. The second-order valence-electron chi connectivity index (χ2n) is 1.77. The fourth-order valence-corrected chi connectivity index (χ4v) is 2.02. The lowest BCUT2D eigenvalue weighted by atomic mass is 10.3. The Hall–Kier alpha value is 0.190. The van der Waals surface area contributed by atoms with Gasteiger partial charge in [0.2, 0.25) is 0 Å². The number of rotatable bonds is 1. The van der Waals surface area contributed by atoms with Gasteiger partial charge in [-0.1, -0.05) is 0 Å². The van der Waals surface area contributed by atoms with Crippen LogP contribution >= 0.6 is 38.5 Å². The van der Waals surface area contributed by atoms with Gasteiger partial charge in [0.1, 0.15) is 0 Å². The highest BCUT2D eigenvalue weighted by molar-refractivity contribution is 14.1. The van der Waals surface area contributed by atoms with Gasteiger partial charge < -0.3 is 5.43 Å². The van der Waals surface area contributed by atoms with Gasteiger partial charge in [0, 0.05) is 8.04 Å². The van der Waals surface area contributed by atoms with E-state index in [0.717, 1.165) is 10.2 Å². The molecule has 0 aliphatic rings. The van der Waals surface area contributed by atoms with Gasteiger partial charge in [-0.15, -0.1) is 0 Å². The third-order valence-corrected chi connectivity index (χ3v) is 2.41. The summed E-state index contributed by atoms with van der Waals surface area (Å²) in [5, 5.41) is 0. The molecule has 0 spiro atoms. The van der Waals surface area contributed by atoms with E-state index >= 15 is 0 Å². The zero-order valence-electron chi connectivity index (χ0n) is 5.07. The van der Waals surface area contributed by atoms with Gasteiger partial charge >= 0.3 is 0 Å². The molecule has 0 saturated heterocycles. The second kappa shape index (κ2) is 3.54. The molecule has 2 nitrogen and oxygen atoms in total. The summed E-state index contributed by atoms with van der Waals surface area (Å²) in [5.74, 6) is 5.22. The third kappa shape index (κ3) is 1.83. The van der Waals surface area contributed by atoms with E-state index in [1.165, 1.54) is 3.57 Å². The fraction of sp³-hybridized carbons (Fsp3) is 0. The van der Waals surface area contributed by atoms with E-state index in [4.69, 9.17) is 5.84 Å². The van der Waals surface area contributed by atoms with Crippen molar-refractivity contribution in [3.05, 3.63) is 26.2 Å². The second-order valence-corrected chi connectivity index (χ2v) is 3.87. The Kier molecular flexibility index (Phi) is 2.94. The van der Waals surface area contributed by atoms with Crippen molar-refractivity contribution in [1.82, 2.24) is 0 Å². The molecule has 0 amide bonds. The number of nitrogens with two attached hydrogens (primary N) is 1. The molecule has 54 valence electrons. The molecule has 0 radical (unpaired) electrons. The summed E-state index contributed by atoms with van der Waals surface area (Å²) in [6.45, 7) is 0. The van der Waals surface area contributed by atoms with Crippen LogP contribution in [0.5, 0.6) is 0 Å². The Morgan fingerprint density at radius 1 is 1.50 bits per heavy atom. The maximum atomic E-state index is 5.22. The lowest BCUT2D eigenvalue weighted by Gasteiger charge is -2.01. The van der Waals surface area contributed by atoms with E-state index in [1.54, 1.807) is 0 Å². The van der Waals surface area contributed by atoms with Crippen LogP contribution in [0.25, 0.3) is 0 Å². The minimum Gasteiger partial charge on any atom is -0.323 e. The summed E-state index contributed by atoms with van der Waals surface area (Å²) in [4.78, 5) is 0. The van der Waals surface area contributed by atoms with Crippen LogP contribution in [-0.2, 0) is 0 Å². The van der Waals surface area contributed by atoms with Crippen molar-refractivity contribution in [2.45, 2.75) is 0 Å². The van der Waals surface area contributed by atoms with Gasteiger partial charge in [-0.3, -0.25) is 5.84 Å². The summed E-state index contributed by atoms with van der Waals surface area (Å²) in [6, 6.07) is 5.90. The summed E-state index contributed by atoms with van der Waals surface area (Å²) < 4.78 is 2.17. The number of nitrogen functional groups attached to an aromatic ring is 1. The molecule has 4 heteroatoms. The topological polar surface area (TPSA) is 38.0 Å². The van der Waals surface area contributed by atoms with Crippen molar-refractivity contribution in [2.75, 3.05) is 5.43 Å². The van der Waals surface area contributed by atoms with Gasteiger partial charge in [-0.25, -0.2) is 0 Å². The average Bonchev–Trinajstić information content (AvgIpc) is 1.88. The van der Waals surface area contributed by atoms with Crippen LogP contribution in [0.3, 0.4) is 0 Å². The predicted molar refractivity (Wildman–Crippen MR) is 54.7 cm³/mol. The Morgan fingerprint density at radius 2 is 2.20 bits per heavy atom. The molecular formula is C6H6BrIN2. The number of benzene rings is 1. The molecule has 1 aromatic rings. The van der Waals surface area contributed by atoms with Crippen molar-refractivity contribution in [1.29, 1.82) is 0 Å². The highest BCUT2D eigenvalue weighted by atomic mass is 127. The molecule has 1 aromatic carbocycles. The first-order chi connectivity index (χ1) is 4.74. The Labute approximate surface area is 81.4 Å². The van der Waals surface area contributed by atoms with Gasteiger partial charge in [-0.05, 0) is 56.7 Å². The molecular weight excluding hydrogens is 307 g/mol. The quantitative estimate of drug-likeness (QED) is 0.474. The Bertz CT molecular complexity index is 239. The van der Waals surface area contributed by atoms with Crippen LogP contribution in [0.15, 0.2) is 22.7 Å². The summed E-state index contributed by atoms with van der Waals surface area (Å²) in [7, 11) is 0. The predicted octanol–water partition coefficient (Wildman–Crippen LogP) is 2.34. The first-order valence-electron chi connectivity index (χ1n) is 2.65. The van der Waals surface area contributed by atoms with Crippen LogP contribution in [0.2, 0.25) is 0 Å². The first kappa shape index (κ1) is 8.29. The number of nitrogens with one attached hydrogen (secondary N) is 1. The van der Waals surface area contributed by atoms with Crippen LogP contribution in [0.4, 0.5) is 5.69 Å². The lowest BCUT2D eigenvalue weighted by Crippen LogP contribution is -2.06. The third-order valence-electron chi connectivity index (χ3n) is 1.09. The zero-order valence-corrected chi connectivity index (χ0v) is 8.81. The molecule has 0 aromatic heterocycles. The minimum atomic E-state index is 0.903. The van der Waals surface area contributed by atoms with Gasteiger partial charge in [0.25, 0.3) is 0 Å². The average molecular weight is 313 g/mol. The summed E-state index contributed by atoms with van der Waals surface area (Å²) in [6.07, 6.45) is 0. The van der Waals surface area contributed by atoms with Crippen LogP contribution in [0.1, 0.15) is 0 Å². The van der Waals surface area contributed by atoms with Crippen molar-refractivity contribution < 1.29 is 0 Å². The summed E-state index contributed by atoms with van der Waals surface area (Å²) in [5.41, 5.74) is 3.48. The monoisotopic (exact) mass is 312 g/mol. The van der Waals surface area contributed by atoms with Gasteiger partial charge in [-0.2, -0.15) is 0 Å². The number of anilines is 1. The molecule has 0 heterocycles. The van der Waals surface area contributed by atoms with E-state index < -0.39 is 0 Å². The van der Waals surface area contributed by atoms with Crippen LogP contribution < -0.4 is 11.3 Å². The van der Waals surface area contributed by atoms with Gasteiger partial charge in [0.05, 0.1) is 5.69 Å². The van der Waals surface area contributed by atoms with Crippen molar-refractivity contribution in [2.24, 2.45) is 5.84 Å². The van der Waals surface area contributed by atoms with E-state index in [1.807, 2.05) is 18.2 Å². The van der Waals surface area contributed by atoms with Crippen molar-refractivity contribution >= 4 is 44.2 Å². The first-order valence-corrected chi connectivity index (χ1v) is 4.53. The molecule has 0 saturated carbocycles. The molecule has 1 rings (SSSR count). The Morgan fingerprint density at radius 3 is 2.70 bits per heavy atom. The smallest absolute Gasteiger partial charge is 0.0627 e. The largest absolute Gasteiger partial charge is 0.323 e. The number of hydrazine groups is 1. The highest BCUT2D eigenvalue weighted by Crippen LogP contribution is 2.22. The van der Waals surface area contributed by atoms with E-state index in [2.05, 4.69) is 43.9 Å². The minimum absolute atomic E-state index is 0.903. The van der Waals surface area contributed by atoms with E-state index in [9.17, 15) is 0 Å². The highest BCUT2D eigenvalue weighted by Gasteiger charge is 1.95. The van der Waals surface area contributed by atoms with Crippen LogP contribution in [0, 0.1) is 3.57 Å². The van der Waals surface area contributed by atoms with Crippen molar-refractivity contribution in [3.8, 4) is 0 Å².